The van der Waals surface area contributed by atoms with E-state index in [1.807, 2.05) is 70.4 Å². The van der Waals surface area contributed by atoms with Crippen LogP contribution in [0.4, 0.5) is 35.4 Å². The Morgan fingerprint density at radius 2 is 0.830 bits per heavy atom. The number of carbonyl (C=O) groups excluding carboxylic acids is 4. The summed E-state index contributed by atoms with van der Waals surface area (Å²) >= 11 is 6.11. The molecule has 38 heteroatoms. The molecule has 6 aliphatic rings. The Bertz CT molecular complexity index is 5200. The van der Waals surface area contributed by atoms with Gasteiger partial charge in [0.25, 0.3) is 23.6 Å². The fourth-order valence-electron chi connectivity index (χ4n) is 13.2. The lowest BCUT2D eigenvalue weighted by atomic mass is 10.1. The van der Waals surface area contributed by atoms with Crippen LogP contribution in [0.3, 0.4) is 0 Å². The molecule has 16 heterocycles. The smallest absolute Gasteiger partial charge is 0.326 e. The standard InChI is InChI=1S/C19H20N6O3S.C19H22N4O4S.C18H18N6O3S.C18H20N4O4S/c1-10-9-20-19(22-15-4-6-21-24(15)3)23-16(10)14-8-12-13(29-14)5-7-25(17(12)26)11(2)18(27)28;1-11(18(25)26)23-7-3-15-13(17(23)24)10-16(28-15)14-2-6-20-19(22-14)21-12-4-8-27-9-5-12;1-10-8-19-18(21-14-3-5-20-23(14)2)22-16(10)13-7-11-12(28-13)4-6-24(17(11)27)9-15(25)26;23-16(24)10-22-6-2-14-12(17(22)25)9-15(27-14)13-1-5-19-18(21-13)20-11-3-7-26-8-4-11/h4,6,8-9,11H,5,7H2,1-3H3,(H,27,28)(H,20,22,23);2,6,10-12H,3-5,7-9H2,1H3,(H,25,26)(H,20,21,22);3,5,7-8H,4,6,9H2,1-2H3,(H,25,26)(H,19,21,22);1,5,9,11H,2-4,6-8,10H2,(H,23,24)(H,19,20,21). The number of nitrogens with zero attached hydrogens (tertiary/aromatic N) is 16. The first-order valence-electron chi connectivity index (χ1n) is 36.0. The molecule has 0 radical (unpaired) electrons. The minimum absolute atomic E-state index is 0.226. The number of fused-ring (bicyclic) bond motifs is 4. The largest absolute Gasteiger partial charge is 0.480 e. The molecule has 10 aromatic heterocycles. The van der Waals surface area contributed by atoms with Crippen molar-refractivity contribution >= 4 is 128 Å². The maximum atomic E-state index is 12.8. The van der Waals surface area contributed by atoms with Crippen LogP contribution in [0.1, 0.15) is 112 Å². The maximum absolute atomic E-state index is 12.8. The number of carbonyl (C=O) groups is 8. The molecule has 112 heavy (non-hydrogen) atoms. The maximum Gasteiger partial charge on any atom is 0.326 e. The number of nitrogens with one attached hydrogen (secondary N) is 4. The topological polar surface area (TPSA) is 436 Å². The van der Waals surface area contributed by atoms with Crippen molar-refractivity contribution in [2.45, 2.75) is 103 Å². The first-order chi connectivity index (χ1) is 53.9. The number of aryl methyl sites for hydroxylation is 4. The predicted molar refractivity (Wildman–Crippen MR) is 417 cm³/mol. The molecule has 2 saturated heterocycles. The van der Waals surface area contributed by atoms with E-state index >= 15 is 0 Å². The third-order valence-corrected chi connectivity index (χ3v) is 24.2. The van der Waals surface area contributed by atoms with Gasteiger partial charge in [0.1, 0.15) is 36.8 Å². The Morgan fingerprint density at radius 1 is 0.473 bits per heavy atom. The summed E-state index contributed by atoms with van der Waals surface area (Å²) in [5, 5.41) is 57.6. The molecule has 0 aromatic carbocycles. The van der Waals surface area contributed by atoms with Gasteiger partial charge in [-0.15, -0.1) is 45.3 Å². The Morgan fingerprint density at radius 3 is 1.19 bits per heavy atom. The van der Waals surface area contributed by atoms with Crippen LogP contribution in [0, 0.1) is 13.8 Å². The molecule has 6 aliphatic heterocycles. The molecule has 0 saturated carbocycles. The summed E-state index contributed by atoms with van der Waals surface area (Å²) in [5.41, 5.74) is 7.08. The molecule has 4 amide bonds. The van der Waals surface area contributed by atoms with Gasteiger partial charge < -0.3 is 70.8 Å². The van der Waals surface area contributed by atoms with Crippen LogP contribution < -0.4 is 21.3 Å². The highest BCUT2D eigenvalue weighted by molar-refractivity contribution is 7.17. The lowest BCUT2D eigenvalue weighted by Gasteiger charge is -2.29. The van der Waals surface area contributed by atoms with Crippen LogP contribution in [0.2, 0.25) is 0 Å². The summed E-state index contributed by atoms with van der Waals surface area (Å²) in [5.74, 6) is -1.40. The molecule has 16 rings (SSSR count). The summed E-state index contributed by atoms with van der Waals surface area (Å²) in [7, 11) is 3.64. The van der Waals surface area contributed by atoms with E-state index in [0.717, 1.165) is 137 Å². The minimum atomic E-state index is -1.01. The lowest BCUT2D eigenvalue weighted by Crippen LogP contribution is -2.46. The van der Waals surface area contributed by atoms with Crippen molar-refractivity contribution in [1.82, 2.24) is 79.0 Å². The molecule has 0 aliphatic carbocycles. The number of ether oxygens (including phenoxy) is 2. The van der Waals surface area contributed by atoms with E-state index in [4.69, 9.17) is 19.7 Å². The van der Waals surface area contributed by atoms with Crippen LogP contribution in [0.5, 0.6) is 0 Å². The summed E-state index contributed by atoms with van der Waals surface area (Å²) < 4.78 is 14.1. The van der Waals surface area contributed by atoms with Gasteiger partial charge in [0.2, 0.25) is 23.8 Å². The van der Waals surface area contributed by atoms with E-state index in [2.05, 4.69) is 71.3 Å². The van der Waals surface area contributed by atoms with Gasteiger partial charge >= 0.3 is 23.9 Å². The number of aromatic nitrogens is 12. The van der Waals surface area contributed by atoms with Gasteiger partial charge in [0, 0.05) is 161 Å². The molecule has 2 fully saturated rings. The van der Waals surface area contributed by atoms with Gasteiger partial charge in [-0.05, 0) is 101 Å². The van der Waals surface area contributed by atoms with E-state index in [9.17, 15) is 48.6 Å². The van der Waals surface area contributed by atoms with Crippen LogP contribution in [0.25, 0.3) is 42.3 Å². The van der Waals surface area contributed by atoms with E-state index in [1.54, 1.807) is 52.6 Å². The Labute approximate surface area is 657 Å². The number of carboxylic acids is 4. The zero-order valence-electron chi connectivity index (χ0n) is 61.8. The van der Waals surface area contributed by atoms with Crippen molar-refractivity contribution in [3.05, 3.63) is 139 Å². The number of carboxylic acid groups (broad SMARTS) is 4. The highest BCUT2D eigenvalue weighted by Gasteiger charge is 2.36. The van der Waals surface area contributed by atoms with Crippen molar-refractivity contribution in [2.75, 3.05) is 87.0 Å². The first kappa shape index (κ1) is 78.5. The van der Waals surface area contributed by atoms with Gasteiger partial charge in [-0.25, -0.2) is 49.5 Å². The second kappa shape index (κ2) is 34.8. The number of aliphatic carboxylic acids is 4. The van der Waals surface area contributed by atoms with E-state index < -0.39 is 36.0 Å². The fourth-order valence-corrected chi connectivity index (χ4v) is 17.8. The molecule has 0 bridgehead atoms. The zero-order chi connectivity index (χ0) is 79.0. The summed E-state index contributed by atoms with van der Waals surface area (Å²) in [6, 6.07) is 13.5. The number of rotatable bonds is 20. The normalized spacial score (nSPS) is 16.1. The molecule has 584 valence electrons. The fraction of sp³-hybridized carbons (Fsp3) is 0.378. The molecule has 2 atom stereocenters. The summed E-state index contributed by atoms with van der Waals surface area (Å²) in [6.45, 7) is 11.0. The average molecular weight is 1600 g/mol. The van der Waals surface area contributed by atoms with Crippen molar-refractivity contribution in [3.8, 4) is 42.3 Å². The summed E-state index contributed by atoms with van der Waals surface area (Å²) in [4.78, 5) is 144. The molecule has 0 spiro atoms. The van der Waals surface area contributed by atoms with Gasteiger partial charge in [-0.3, -0.25) is 38.1 Å². The Kier molecular flexibility index (Phi) is 24.4. The summed E-state index contributed by atoms with van der Waals surface area (Å²) in [6.07, 6.45) is 16.5. The number of anilines is 6. The van der Waals surface area contributed by atoms with Crippen molar-refractivity contribution < 1.29 is 68.3 Å². The second-order valence-corrected chi connectivity index (χ2v) is 31.6. The van der Waals surface area contributed by atoms with Gasteiger partial charge in [0.15, 0.2) is 0 Å². The van der Waals surface area contributed by atoms with E-state index in [1.165, 1.54) is 78.8 Å². The highest BCUT2D eigenvalue weighted by Crippen LogP contribution is 2.40. The third-order valence-electron chi connectivity index (χ3n) is 19.4. The van der Waals surface area contributed by atoms with Crippen LogP contribution >= 0.6 is 45.3 Å². The Hall–Kier alpha value is -11.6. The minimum Gasteiger partial charge on any atom is -0.480 e. The van der Waals surface area contributed by atoms with Crippen molar-refractivity contribution in [1.29, 1.82) is 0 Å². The lowest BCUT2D eigenvalue weighted by molar-refractivity contribution is -0.142. The van der Waals surface area contributed by atoms with Crippen LogP contribution in [-0.2, 0) is 68.4 Å². The van der Waals surface area contributed by atoms with Gasteiger partial charge in [0.05, 0.1) is 76.9 Å². The monoisotopic (exact) mass is 1600 g/mol. The predicted octanol–water partition coefficient (Wildman–Crippen LogP) is 8.68. The SMILES string of the molecule is CC(C(=O)O)N1CCc2sc(-c3ccnc(NC4CCOCC4)n3)cc2C1=O.Cc1cnc(Nc2ccnn2C)nc1-c1cc2c(s1)CCN(C(C)C(=O)O)C2=O.Cc1cnc(Nc2ccnn2C)nc1-c1cc2c(s1)CCN(CC(=O)O)C2=O.O=C(O)CN1CCc2sc(-c3ccnc(NC4CCOCC4)n3)cc2C1=O. The second-order valence-electron chi connectivity index (χ2n) is 27.0. The molecule has 10 aromatic rings. The molecule has 8 N–H and O–H groups in total. The van der Waals surface area contributed by atoms with Gasteiger partial charge in [-0.2, -0.15) is 10.2 Å². The third kappa shape index (κ3) is 18.2. The zero-order valence-corrected chi connectivity index (χ0v) is 65.0. The number of hydrogen-bond donors (Lipinski definition) is 8. The number of hydrogen-bond acceptors (Lipinski definition) is 28. The molecular weight excluding hydrogens is 1520 g/mol. The Balaban J connectivity index is 0.000000131. The average Bonchev–Trinajstić information content (AvgIpc) is 1.64. The molecule has 2 unspecified atom stereocenters. The first-order valence-corrected chi connectivity index (χ1v) is 39.3. The van der Waals surface area contributed by atoms with Gasteiger partial charge in [-0.1, -0.05) is 0 Å². The van der Waals surface area contributed by atoms with Crippen molar-refractivity contribution in [3.63, 3.8) is 0 Å². The molecule has 34 nitrogen and oxygen atoms in total. The highest BCUT2D eigenvalue weighted by atomic mass is 32.1. The number of amides is 4. The number of thiophene rings is 4. The van der Waals surface area contributed by atoms with Crippen LogP contribution in [-0.4, -0.2) is 237 Å². The van der Waals surface area contributed by atoms with Crippen molar-refractivity contribution in [2.24, 2.45) is 14.1 Å². The quantitative estimate of drug-likeness (QED) is 0.0353. The van der Waals surface area contributed by atoms with E-state index in [-0.39, 0.29) is 36.7 Å². The van der Waals surface area contributed by atoms with E-state index in [0.29, 0.717) is 110 Å². The molecular formula is C74H80N20O14S4. The van der Waals surface area contributed by atoms with Crippen LogP contribution in [0.15, 0.2) is 85.7 Å².